The van der Waals surface area contributed by atoms with E-state index in [0.717, 1.165) is 27.8 Å². The molecule has 1 aromatic heterocycles. The van der Waals surface area contributed by atoms with Crippen LogP contribution in [0.5, 0.6) is 0 Å². The van der Waals surface area contributed by atoms with Gasteiger partial charge >= 0.3 is 0 Å². The maximum absolute atomic E-state index is 12.6. The Labute approximate surface area is 168 Å². The first kappa shape index (κ1) is 19.5. The number of hydrogen-bond acceptors (Lipinski definition) is 4. The molecular formula is C20H21ClN4OS. The molecule has 0 saturated heterocycles. The summed E-state index contributed by atoms with van der Waals surface area (Å²) in [7, 11) is 0. The molecule has 3 aromatic rings. The number of nitrogens with one attached hydrogen (secondary N) is 1. The Balaban J connectivity index is 1.76. The second-order valence-corrected chi connectivity index (χ2v) is 7.87. The summed E-state index contributed by atoms with van der Waals surface area (Å²) >= 11 is 7.37. The number of aryl methyl sites for hydroxylation is 1. The summed E-state index contributed by atoms with van der Waals surface area (Å²) in [6.07, 6.45) is 0. The molecule has 0 aliphatic carbocycles. The van der Waals surface area contributed by atoms with Gasteiger partial charge in [-0.15, -0.1) is 10.2 Å². The topological polar surface area (TPSA) is 59.8 Å². The third-order valence-electron chi connectivity index (χ3n) is 4.19. The average Bonchev–Trinajstić information content (AvgIpc) is 3.06. The van der Waals surface area contributed by atoms with Crippen LogP contribution in [0, 0.1) is 6.92 Å². The Bertz CT molecular complexity index is 939. The number of carbonyl (C=O) groups is 1. The molecule has 2 aromatic carbocycles. The van der Waals surface area contributed by atoms with Gasteiger partial charge in [-0.25, -0.2) is 0 Å². The van der Waals surface area contributed by atoms with Crippen molar-refractivity contribution in [1.82, 2.24) is 14.8 Å². The Kier molecular flexibility index (Phi) is 6.19. The first-order valence-corrected chi connectivity index (χ1v) is 9.97. The molecule has 5 nitrogen and oxygen atoms in total. The smallest absolute Gasteiger partial charge is 0.237 e. The number of nitrogens with zero attached hydrogens (tertiary/aromatic N) is 3. The van der Waals surface area contributed by atoms with Crippen molar-refractivity contribution < 1.29 is 4.79 Å². The number of aromatic nitrogens is 3. The highest BCUT2D eigenvalue weighted by molar-refractivity contribution is 8.00. The van der Waals surface area contributed by atoms with Gasteiger partial charge in [-0.1, -0.05) is 41.6 Å². The SMILES string of the molecule is CCn1c(SC(C)C(=O)Nc2ccccc2C)nnc1-c1ccc(Cl)cc1. The lowest BCUT2D eigenvalue weighted by Crippen LogP contribution is -2.23. The Hall–Kier alpha value is -2.31. The van der Waals surface area contributed by atoms with E-state index in [2.05, 4.69) is 15.5 Å². The molecule has 1 amide bonds. The Morgan fingerprint density at radius 1 is 1.19 bits per heavy atom. The molecule has 7 heteroatoms. The van der Waals surface area contributed by atoms with E-state index in [-0.39, 0.29) is 11.2 Å². The van der Waals surface area contributed by atoms with Gasteiger partial charge in [-0.2, -0.15) is 0 Å². The molecular weight excluding hydrogens is 380 g/mol. The van der Waals surface area contributed by atoms with Gasteiger partial charge in [0.25, 0.3) is 0 Å². The monoisotopic (exact) mass is 400 g/mol. The molecule has 1 N–H and O–H groups in total. The molecule has 0 bridgehead atoms. The highest BCUT2D eigenvalue weighted by Gasteiger charge is 2.20. The van der Waals surface area contributed by atoms with Gasteiger partial charge in [0.2, 0.25) is 5.91 Å². The van der Waals surface area contributed by atoms with E-state index >= 15 is 0 Å². The number of benzene rings is 2. The fourth-order valence-corrected chi connectivity index (χ4v) is 3.67. The lowest BCUT2D eigenvalue weighted by Gasteiger charge is -2.14. The zero-order valence-electron chi connectivity index (χ0n) is 15.4. The summed E-state index contributed by atoms with van der Waals surface area (Å²) in [5.74, 6) is 0.705. The van der Waals surface area contributed by atoms with Crippen molar-refractivity contribution in [3.63, 3.8) is 0 Å². The van der Waals surface area contributed by atoms with Crippen molar-refractivity contribution in [2.24, 2.45) is 0 Å². The summed E-state index contributed by atoms with van der Waals surface area (Å²) in [5.41, 5.74) is 2.80. The summed E-state index contributed by atoms with van der Waals surface area (Å²) in [6, 6.07) is 15.2. The van der Waals surface area contributed by atoms with Gasteiger partial charge in [0.1, 0.15) is 0 Å². The predicted molar refractivity (Wildman–Crippen MR) is 111 cm³/mol. The number of carbonyl (C=O) groups excluding carboxylic acids is 1. The first-order valence-electron chi connectivity index (χ1n) is 8.72. The number of hydrogen-bond donors (Lipinski definition) is 1. The van der Waals surface area contributed by atoms with E-state index in [4.69, 9.17) is 11.6 Å². The lowest BCUT2D eigenvalue weighted by atomic mass is 10.2. The number of thioether (sulfide) groups is 1. The van der Waals surface area contributed by atoms with Crippen molar-refractivity contribution in [3.05, 3.63) is 59.1 Å². The number of rotatable bonds is 6. The average molecular weight is 401 g/mol. The van der Waals surface area contributed by atoms with Crippen LogP contribution in [0.1, 0.15) is 19.4 Å². The van der Waals surface area contributed by atoms with E-state index in [1.807, 2.05) is 73.9 Å². The summed E-state index contributed by atoms with van der Waals surface area (Å²) < 4.78 is 2.01. The minimum Gasteiger partial charge on any atom is -0.325 e. The minimum atomic E-state index is -0.308. The summed E-state index contributed by atoms with van der Waals surface area (Å²) in [4.78, 5) is 12.6. The third-order valence-corrected chi connectivity index (χ3v) is 5.52. The second kappa shape index (κ2) is 8.59. The maximum atomic E-state index is 12.6. The third kappa shape index (κ3) is 4.51. The van der Waals surface area contributed by atoms with Gasteiger partial charge in [-0.05, 0) is 56.7 Å². The molecule has 3 rings (SSSR count). The number of amides is 1. The molecule has 0 aliphatic heterocycles. The van der Waals surface area contributed by atoms with Crippen molar-refractivity contribution in [3.8, 4) is 11.4 Å². The Morgan fingerprint density at radius 3 is 2.56 bits per heavy atom. The molecule has 1 heterocycles. The van der Waals surface area contributed by atoms with Crippen molar-refractivity contribution in [2.75, 3.05) is 5.32 Å². The lowest BCUT2D eigenvalue weighted by molar-refractivity contribution is -0.115. The van der Waals surface area contributed by atoms with E-state index in [0.29, 0.717) is 11.6 Å². The normalized spacial score (nSPS) is 12.0. The van der Waals surface area contributed by atoms with Gasteiger partial charge in [-0.3, -0.25) is 4.79 Å². The zero-order valence-corrected chi connectivity index (χ0v) is 17.0. The van der Waals surface area contributed by atoms with Crippen LogP contribution in [-0.2, 0) is 11.3 Å². The molecule has 27 heavy (non-hydrogen) atoms. The minimum absolute atomic E-state index is 0.0620. The molecule has 0 radical (unpaired) electrons. The largest absolute Gasteiger partial charge is 0.325 e. The molecule has 0 saturated carbocycles. The van der Waals surface area contributed by atoms with Gasteiger partial charge < -0.3 is 9.88 Å². The molecule has 140 valence electrons. The van der Waals surface area contributed by atoms with Crippen LogP contribution in [0.25, 0.3) is 11.4 Å². The summed E-state index contributed by atoms with van der Waals surface area (Å²) in [5, 5.41) is 12.7. The van der Waals surface area contributed by atoms with E-state index < -0.39 is 0 Å². The van der Waals surface area contributed by atoms with Crippen LogP contribution < -0.4 is 5.32 Å². The van der Waals surface area contributed by atoms with Crippen LogP contribution in [0.15, 0.2) is 53.7 Å². The first-order chi connectivity index (χ1) is 13.0. The fraction of sp³-hybridized carbons (Fsp3) is 0.250. The van der Waals surface area contributed by atoms with Gasteiger partial charge in [0.15, 0.2) is 11.0 Å². The zero-order chi connectivity index (χ0) is 19.4. The van der Waals surface area contributed by atoms with E-state index in [1.165, 1.54) is 11.8 Å². The molecule has 0 aliphatic rings. The van der Waals surface area contributed by atoms with Crippen LogP contribution in [-0.4, -0.2) is 25.9 Å². The second-order valence-electron chi connectivity index (χ2n) is 6.12. The van der Waals surface area contributed by atoms with Crippen molar-refractivity contribution >= 4 is 35.0 Å². The standard InChI is InChI=1S/C20H21ClN4OS/c1-4-25-18(15-9-11-16(21)12-10-15)23-24-20(25)27-14(3)19(26)22-17-8-6-5-7-13(17)2/h5-12,14H,4H2,1-3H3,(H,22,26). The molecule has 1 unspecified atom stereocenters. The van der Waals surface area contributed by atoms with Gasteiger partial charge in [0.05, 0.1) is 5.25 Å². The van der Waals surface area contributed by atoms with Crippen molar-refractivity contribution in [1.29, 1.82) is 0 Å². The highest BCUT2D eigenvalue weighted by Crippen LogP contribution is 2.28. The van der Waals surface area contributed by atoms with Crippen LogP contribution in [0.4, 0.5) is 5.69 Å². The predicted octanol–water partition coefficient (Wildman–Crippen LogP) is 5.05. The Morgan fingerprint density at radius 2 is 1.89 bits per heavy atom. The fourth-order valence-electron chi connectivity index (χ4n) is 2.63. The van der Waals surface area contributed by atoms with Crippen LogP contribution in [0.2, 0.25) is 5.02 Å². The maximum Gasteiger partial charge on any atom is 0.237 e. The molecule has 0 fully saturated rings. The van der Waals surface area contributed by atoms with E-state index in [1.54, 1.807) is 0 Å². The quantitative estimate of drug-likeness (QED) is 0.588. The molecule has 1 atom stereocenters. The van der Waals surface area contributed by atoms with Crippen molar-refractivity contribution in [2.45, 2.75) is 37.7 Å². The summed E-state index contributed by atoms with van der Waals surface area (Å²) in [6.45, 7) is 6.58. The number of anilines is 1. The number of para-hydroxylation sites is 1. The van der Waals surface area contributed by atoms with E-state index in [9.17, 15) is 4.79 Å². The van der Waals surface area contributed by atoms with Crippen LogP contribution in [0.3, 0.4) is 0 Å². The van der Waals surface area contributed by atoms with Gasteiger partial charge in [0, 0.05) is 22.8 Å². The number of halogens is 1. The van der Waals surface area contributed by atoms with Crippen LogP contribution >= 0.6 is 23.4 Å². The highest BCUT2D eigenvalue weighted by atomic mass is 35.5. The molecule has 0 spiro atoms.